The highest BCUT2D eigenvalue weighted by molar-refractivity contribution is 9.10. The number of rotatable bonds is 4. The minimum absolute atomic E-state index is 0.0144. The third-order valence-corrected chi connectivity index (χ3v) is 5.57. The molecular weight excluding hydrogens is 534 g/mol. The number of nitrogens with one attached hydrogen (secondary N) is 2. The van der Waals surface area contributed by atoms with Gasteiger partial charge in [-0.05, 0) is 42.0 Å². The third-order valence-electron chi connectivity index (χ3n) is 5.04. The van der Waals surface area contributed by atoms with E-state index in [-0.39, 0.29) is 23.6 Å². The Balaban J connectivity index is 1.55. The van der Waals surface area contributed by atoms with Crippen molar-refractivity contribution in [1.82, 2.24) is 9.78 Å². The van der Waals surface area contributed by atoms with Gasteiger partial charge in [0.2, 0.25) is 0 Å². The first-order valence-electron chi connectivity index (χ1n) is 9.74. The average Bonchev–Trinajstić information content (AvgIpc) is 3.17. The lowest BCUT2D eigenvalue weighted by atomic mass is 9.97. The molecule has 0 fully saturated rings. The molecule has 6 nitrogen and oxygen atoms in total. The van der Waals surface area contributed by atoms with Gasteiger partial charge in [-0.3, -0.25) is 4.79 Å². The fourth-order valence-electron chi connectivity index (χ4n) is 3.53. The molecule has 0 unspecified atom stereocenters. The fraction of sp³-hybridized carbons (Fsp3) is 0.238. The number of hydrogen-bond acceptors (Lipinski definition) is 4. The molecule has 0 spiro atoms. The summed E-state index contributed by atoms with van der Waals surface area (Å²) in [6, 6.07) is 9.70. The lowest BCUT2D eigenvalue weighted by Crippen LogP contribution is -2.35. The highest BCUT2D eigenvalue weighted by Gasteiger charge is 2.46. The highest BCUT2D eigenvalue weighted by atomic mass is 79.9. The van der Waals surface area contributed by atoms with E-state index < -0.39 is 36.3 Å². The maximum Gasteiger partial charge on any atom is 0.573 e. The zero-order valence-corrected chi connectivity index (χ0v) is 18.5. The average molecular weight is 549 g/mol. The molecule has 0 bridgehead atoms. The lowest BCUT2D eigenvalue weighted by molar-refractivity contribution is -0.274. The number of benzene rings is 2. The molecule has 180 valence electrons. The van der Waals surface area contributed by atoms with Gasteiger partial charge in [0.1, 0.15) is 11.6 Å². The van der Waals surface area contributed by atoms with Crippen LogP contribution >= 0.6 is 15.9 Å². The summed E-state index contributed by atoms with van der Waals surface area (Å²) in [5.74, 6) is -1.30. The lowest BCUT2D eigenvalue weighted by Gasteiger charge is -2.33. The molecule has 2 N–H and O–H groups in total. The van der Waals surface area contributed by atoms with Crippen molar-refractivity contribution in [2.45, 2.75) is 31.0 Å². The predicted octanol–water partition coefficient (Wildman–Crippen LogP) is 6.46. The predicted molar refractivity (Wildman–Crippen MR) is 114 cm³/mol. The van der Waals surface area contributed by atoms with Crippen LogP contribution in [-0.4, -0.2) is 28.2 Å². The van der Waals surface area contributed by atoms with Crippen LogP contribution in [0.1, 0.15) is 34.6 Å². The Morgan fingerprint density at radius 1 is 1.06 bits per heavy atom. The number of nitrogens with zero attached hydrogens (tertiary/aromatic N) is 2. The number of carbonyl (C=O) groups excluding carboxylic acids is 1. The number of halogens is 7. The first kappa shape index (κ1) is 23.9. The Kier molecular flexibility index (Phi) is 6.23. The smallest absolute Gasteiger partial charge is 0.406 e. The SMILES string of the molecule is O=C(Nc1ccc(OC(F)(F)F)cc1)c1cc2n(n1)[C@H](C(F)(F)F)C[C@H](c1ccc(Br)cc1)N2. The number of hydrogen-bond donors (Lipinski definition) is 2. The van der Waals surface area contributed by atoms with Crippen LogP contribution in [0.25, 0.3) is 0 Å². The Morgan fingerprint density at radius 2 is 1.71 bits per heavy atom. The summed E-state index contributed by atoms with van der Waals surface area (Å²) in [7, 11) is 0. The van der Waals surface area contributed by atoms with Gasteiger partial charge in [-0.25, -0.2) is 4.68 Å². The van der Waals surface area contributed by atoms with Crippen molar-refractivity contribution in [2.24, 2.45) is 0 Å². The van der Waals surface area contributed by atoms with Gasteiger partial charge in [0.15, 0.2) is 11.7 Å². The third kappa shape index (κ3) is 5.46. The van der Waals surface area contributed by atoms with Crippen LogP contribution in [0.4, 0.5) is 37.8 Å². The minimum Gasteiger partial charge on any atom is -0.406 e. The van der Waals surface area contributed by atoms with E-state index in [1.54, 1.807) is 24.3 Å². The molecule has 2 aromatic carbocycles. The first-order valence-corrected chi connectivity index (χ1v) is 10.5. The van der Waals surface area contributed by atoms with E-state index in [2.05, 4.69) is 36.4 Å². The van der Waals surface area contributed by atoms with Crippen LogP contribution in [-0.2, 0) is 0 Å². The van der Waals surface area contributed by atoms with Crippen molar-refractivity contribution < 1.29 is 35.9 Å². The number of fused-ring (bicyclic) bond motifs is 1. The van der Waals surface area contributed by atoms with Gasteiger partial charge in [0, 0.05) is 22.6 Å². The summed E-state index contributed by atoms with van der Waals surface area (Å²) in [6.45, 7) is 0. The quantitative estimate of drug-likeness (QED) is 0.367. The number of aromatic nitrogens is 2. The van der Waals surface area contributed by atoms with Gasteiger partial charge in [0.25, 0.3) is 5.91 Å². The Labute approximate surface area is 197 Å². The largest absolute Gasteiger partial charge is 0.573 e. The number of anilines is 2. The molecule has 0 saturated heterocycles. The van der Waals surface area contributed by atoms with Crippen molar-refractivity contribution in [3.8, 4) is 5.75 Å². The van der Waals surface area contributed by atoms with E-state index in [0.717, 1.165) is 33.4 Å². The zero-order chi connectivity index (χ0) is 24.7. The van der Waals surface area contributed by atoms with Crippen LogP contribution in [0.3, 0.4) is 0 Å². The van der Waals surface area contributed by atoms with Gasteiger partial charge >= 0.3 is 12.5 Å². The van der Waals surface area contributed by atoms with Crippen LogP contribution in [0, 0.1) is 0 Å². The Morgan fingerprint density at radius 3 is 2.29 bits per heavy atom. The second-order valence-electron chi connectivity index (χ2n) is 7.43. The molecule has 2 heterocycles. The Hall–Kier alpha value is -3.22. The van der Waals surface area contributed by atoms with Gasteiger partial charge in [-0.15, -0.1) is 13.2 Å². The molecule has 1 aliphatic heterocycles. The molecule has 13 heteroatoms. The first-order chi connectivity index (χ1) is 15.9. The molecule has 1 aromatic heterocycles. The maximum absolute atomic E-state index is 13.8. The van der Waals surface area contributed by atoms with Crippen LogP contribution < -0.4 is 15.4 Å². The number of amides is 1. The van der Waals surface area contributed by atoms with E-state index in [1.807, 2.05) is 0 Å². The second kappa shape index (κ2) is 8.85. The van der Waals surface area contributed by atoms with Crippen LogP contribution in [0.15, 0.2) is 59.1 Å². The molecule has 1 amide bonds. The standard InChI is InChI=1S/C21H15BrF6N4O2/c22-12-3-1-11(2-4-12)15-9-17(20(23,24)25)32-18(30-15)10-16(31-32)19(33)29-13-5-7-14(8-6-13)34-21(26,27)28/h1-8,10,15,17,30H,9H2,(H,29,33)/t15-,17+/m1/s1. The molecule has 0 aliphatic carbocycles. The van der Waals surface area contributed by atoms with Gasteiger partial charge in [0.05, 0.1) is 6.04 Å². The molecule has 1 aliphatic rings. The molecule has 4 rings (SSSR count). The van der Waals surface area contributed by atoms with E-state index in [0.29, 0.717) is 5.56 Å². The monoisotopic (exact) mass is 548 g/mol. The summed E-state index contributed by atoms with van der Waals surface area (Å²) in [6.07, 6.45) is -9.81. The summed E-state index contributed by atoms with van der Waals surface area (Å²) >= 11 is 3.29. The van der Waals surface area contributed by atoms with Crippen molar-refractivity contribution in [1.29, 1.82) is 0 Å². The second-order valence-corrected chi connectivity index (χ2v) is 8.34. The maximum atomic E-state index is 13.8. The number of alkyl halides is 6. The summed E-state index contributed by atoms with van der Waals surface area (Å²) in [5, 5.41) is 9.22. The van der Waals surface area contributed by atoms with E-state index in [9.17, 15) is 31.1 Å². The van der Waals surface area contributed by atoms with Gasteiger partial charge < -0.3 is 15.4 Å². The summed E-state index contributed by atoms with van der Waals surface area (Å²) in [5.41, 5.74) is 0.458. The minimum atomic E-state index is -4.86. The van der Waals surface area contributed by atoms with E-state index in [1.165, 1.54) is 6.07 Å². The number of ether oxygens (including phenoxy) is 1. The summed E-state index contributed by atoms with van der Waals surface area (Å²) in [4.78, 5) is 12.6. The van der Waals surface area contributed by atoms with Crippen LogP contribution in [0.5, 0.6) is 5.75 Å². The highest BCUT2D eigenvalue weighted by Crippen LogP contribution is 2.43. The zero-order valence-electron chi connectivity index (χ0n) is 16.9. The van der Waals surface area contributed by atoms with Gasteiger partial charge in [-0.2, -0.15) is 18.3 Å². The molecule has 34 heavy (non-hydrogen) atoms. The van der Waals surface area contributed by atoms with Crippen molar-refractivity contribution in [3.05, 3.63) is 70.3 Å². The Bertz CT molecular complexity index is 1180. The molecule has 0 radical (unpaired) electrons. The van der Waals surface area contributed by atoms with Crippen molar-refractivity contribution in [3.63, 3.8) is 0 Å². The fourth-order valence-corrected chi connectivity index (χ4v) is 3.80. The van der Waals surface area contributed by atoms with E-state index >= 15 is 0 Å². The summed E-state index contributed by atoms with van der Waals surface area (Å²) < 4.78 is 83.4. The van der Waals surface area contributed by atoms with Crippen molar-refractivity contribution >= 4 is 33.3 Å². The van der Waals surface area contributed by atoms with Gasteiger partial charge in [-0.1, -0.05) is 28.1 Å². The molecule has 3 aromatic rings. The van der Waals surface area contributed by atoms with Crippen LogP contribution in [0.2, 0.25) is 0 Å². The molecule has 2 atom stereocenters. The topological polar surface area (TPSA) is 68.2 Å². The van der Waals surface area contributed by atoms with Crippen molar-refractivity contribution in [2.75, 3.05) is 10.6 Å². The number of carbonyl (C=O) groups is 1. The normalized spacial score (nSPS) is 18.1. The van der Waals surface area contributed by atoms with E-state index in [4.69, 9.17) is 0 Å². The molecule has 0 saturated carbocycles. The molecular formula is C21H15BrF6N4O2.